The molecule has 4 atom stereocenters. The lowest BCUT2D eigenvalue weighted by atomic mass is 9.70. The van der Waals surface area contributed by atoms with Gasteiger partial charge in [-0.15, -0.1) is 0 Å². The van der Waals surface area contributed by atoms with Gasteiger partial charge in [0.1, 0.15) is 28.3 Å². The van der Waals surface area contributed by atoms with Gasteiger partial charge in [-0.1, -0.05) is 62.0 Å². The summed E-state index contributed by atoms with van der Waals surface area (Å²) in [6.07, 6.45) is 10.9. The highest BCUT2D eigenvalue weighted by Gasteiger charge is 2.72. The molecular weight excluding hydrogens is 575 g/mol. The van der Waals surface area contributed by atoms with Gasteiger partial charge in [-0.05, 0) is 87.2 Å². The van der Waals surface area contributed by atoms with E-state index in [0.29, 0.717) is 11.8 Å². The van der Waals surface area contributed by atoms with Crippen molar-refractivity contribution in [1.82, 2.24) is 9.55 Å². The molecule has 1 saturated carbocycles. The molecule has 2 aliphatic carbocycles. The molecule has 3 aromatic carbocycles. The van der Waals surface area contributed by atoms with Crippen molar-refractivity contribution in [3.05, 3.63) is 108 Å². The van der Waals surface area contributed by atoms with Crippen molar-refractivity contribution in [2.24, 2.45) is 22.2 Å². The first-order valence-corrected chi connectivity index (χ1v) is 16.6. The second-order valence-electron chi connectivity index (χ2n) is 13.9. The van der Waals surface area contributed by atoms with Crippen molar-refractivity contribution in [2.75, 3.05) is 0 Å². The molecule has 4 aliphatic rings. The normalized spacial score (nSPS) is 26.8. The number of aryl methyl sites for hydroxylation is 2. The van der Waals surface area contributed by atoms with Gasteiger partial charge in [0.05, 0.1) is 11.2 Å². The van der Waals surface area contributed by atoms with E-state index in [1.54, 1.807) is 0 Å². The molecule has 2 aliphatic heterocycles. The van der Waals surface area contributed by atoms with Crippen molar-refractivity contribution >= 4 is 39.6 Å². The van der Waals surface area contributed by atoms with Crippen molar-refractivity contribution in [3.63, 3.8) is 0 Å². The molecule has 4 heterocycles. The first kappa shape index (κ1) is 27.1. The number of hydrogen-bond donors (Lipinski definition) is 0. The third kappa shape index (κ3) is 3.46. The molecule has 5 nitrogen and oxygen atoms in total. The maximum Gasteiger partial charge on any atom is 0.217 e. The van der Waals surface area contributed by atoms with Crippen LogP contribution in [-0.4, -0.2) is 26.6 Å². The molecule has 0 radical (unpaired) electrons. The number of allylic oxidation sites excluding steroid dienone is 3. The Morgan fingerprint density at radius 2 is 1.67 bits per heavy atom. The smallest absolute Gasteiger partial charge is 0.217 e. The number of pyridine rings is 1. The van der Waals surface area contributed by atoms with Crippen LogP contribution in [0.2, 0.25) is 0 Å². The van der Waals surface area contributed by atoms with E-state index in [0.717, 1.165) is 44.9 Å². The number of benzene rings is 3. The first-order valence-electron chi connectivity index (χ1n) is 15.7. The summed E-state index contributed by atoms with van der Waals surface area (Å²) in [6, 6.07) is 21.4. The van der Waals surface area contributed by atoms with Gasteiger partial charge in [-0.2, -0.15) is 0 Å². The minimum atomic E-state index is -0.448. The molecular formula is C39H35N3O2S. The molecule has 9 rings (SSSR count). The number of hydrogen-bond acceptors (Lipinski definition) is 5. The Morgan fingerprint density at radius 1 is 0.867 bits per heavy atom. The van der Waals surface area contributed by atoms with E-state index >= 15 is 0 Å². The molecule has 5 aromatic rings. The monoisotopic (exact) mass is 609 g/mol. The average molecular weight is 610 g/mol. The maximum absolute atomic E-state index is 6.94. The van der Waals surface area contributed by atoms with Crippen LogP contribution in [0.4, 0.5) is 0 Å². The summed E-state index contributed by atoms with van der Waals surface area (Å²) >= 11 is 1.81. The van der Waals surface area contributed by atoms with Crippen molar-refractivity contribution < 1.29 is 9.47 Å². The fourth-order valence-electron chi connectivity index (χ4n) is 8.46. The van der Waals surface area contributed by atoms with Crippen LogP contribution >= 0.6 is 11.8 Å². The fraction of sp³-hybridized carbons (Fsp3) is 0.282. The Hall–Kier alpha value is -4.29. The number of aliphatic imine (C=N–C) groups is 1. The second-order valence-corrected chi connectivity index (χ2v) is 15.0. The summed E-state index contributed by atoms with van der Waals surface area (Å²) in [4.78, 5) is 12.6. The Kier molecular flexibility index (Phi) is 5.36. The lowest BCUT2D eigenvalue weighted by Crippen LogP contribution is -2.52. The molecule has 0 N–H and O–H groups in total. The van der Waals surface area contributed by atoms with E-state index in [9.17, 15) is 0 Å². The predicted octanol–water partition coefficient (Wildman–Crippen LogP) is 9.74. The zero-order chi connectivity index (χ0) is 30.9. The van der Waals surface area contributed by atoms with Crippen LogP contribution in [0.1, 0.15) is 44.4 Å². The highest BCUT2D eigenvalue weighted by molar-refractivity contribution is 7.99. The zero-order valence-electron chi connectivity index (χ0n) is 26.4. The Morgan fingerprint density at radius 3 is 2.51 bits per heavy atom. The Bertz CT molecular complexity index is 2210. The maximum atomic E-state index is 6.94. The molecule has 224 valence electrons. The van der Waals surface area contributed by atoms with E-state index < -0.39 is 5.60 Å². The van der Waals surface area contributed by atoms with Crippen molar-refractivity contribution in [3.8, 4) is 17.2 Å². The summed E-state index contributed by atoms with van der Waals surface area (Å²) in [7, 11) is 0. The fourth-order valence-corrected chi connectivity index (χ4v) is 9.63. The van der Waals surface area contributed by atoms with Crippen molar-refractivity contribution in [2.45, 2.75) is 62.5 Å². The molecule has 2 unspecified atom stereocenters. The van der Waals surface area contributed by atoms with Crippen LogP contribution in [-0.2, 0) is 4.74 Å². The topological polar surface area (TPSA) is 48.6 Å². The molecule has 0 amide bonds. The summed E-state index contributed by atoms with van der Waals surface area (Å²) in [5, 5.41) is 2.38. The number of rotatable bonds is 3. The number of nitrogens with zero attached hydrogens (tertiary/aromatic N) is 3. The SMILES string of the molecule is Cc1cc(Oc2cc3c(cc2C)Sc2cccc4c5cccnc5n-3c24)cc(C2=N[C@]3(C)C4C=CC=CC4C(C)(C)[C@]3(C)O2)c1. The van der Waals surface area contributed by atoms with Crippen molar-refractivity contribution in [1.29, 1.82) is 0 Å². The van der Waals surface area contributed by atoms with E-state index in [4.69, 9.17) is 19.5 Å². The highest BCUT2D eigenvalue weighted by Crippen LogP contribution is 2.65. The van der Waals surface area contributed by atoms with Gasteiger partial charge in [0.15, 0.2) is 0 Å². The van der Waals surface area contributed by atoms with Crippen LogP contribution in [0, 0.1) is 31.1 Å². The van der Waals surface area contributed by atoms with Gasteiger partial charge in [0.25, 0.3) is 0 Å². The summed E-state index contributed by atoms with van der Waals surface area (Å²) < 4.78 is 16.0. The van der Waals surface area contributed by atoms with E-state index in [-0.39, 0.29) is 16.9 Å². The third-order valence-electron chi connectivity index (χ3n) is 11.2. The van der Waals surface area contributed by atoms with Gasteiger partial charge >= 0.3 is 0 Å². The van der Waals surface area contributed by atoms with Gasteiger partial charge in [0, 0.05) is 49.7 Å². The van der Waals surface area contributed by atoms with Crippen LogP contribution in [0.5, 0.6) is 11.5 Å². The first-order chi connectivity index (χ1) is 21.6. The average Bonchev–Trinajstić information content (AvgIpc) is 3.55. The predicted molar refractivity (Wildman–Crippen MR) is 182 cm³/mol. The molecule has 1 fully saturated rings. The number of fused-ring (bicyclic) bond motifs is 8. The lowest BCUT2D eigenvalue weighted by Gasteiger charge is -2.42. The van der Waals surface area contributed by atoms with E-state index in [2.05, 4.69) is 125 Å². The molecule has 0 bridgehead atoms. The minimum absolute atomic E-state index is 0.0954. The van der Waals surface area contributed by atoms with Crippen LogP contribution in [0.25, 0.3) is 27.6 Å². The largest absolute Gasteiger partial charge is 0.468 e. The van der Waals surface area contributed by atoms with Gasteiger partial charge in [-0.3, -0.25) is 4.57 Å². The molecule has 0 saturated heterocycles. The van der Waals surface area contributed by atoms with Crippen LogP contribution in [0.15, 0.2) is 106 Å². The van der Waals surface area contributed by atoms with Gasteiger partial charge in [-0.25, -0.2) is 9.98 Å². The standard InChI is InChI=1S/C39H35N3O2S/c1-22-17-24(36-41-38(5)29-14-8-7-13-28(29)37(3,4)39(38,6)44-36)20-25(18-22)43-31-21-30-33(19-23(31)2)45-32-15-9-11-26-27-12-10-16-40-35(27)42(30)34(26)32/h7-21,28-29H,1-6H3/t28?,29?,38-,39+/m1/s1. The van der Waals surface area contributed by atoms with E-state index in [1.807, 2.05) is 24.0 Å². The molecule has 2 aromatic heterocycles. The van der Waals surface area contributed by atoms with E-state index in [1.165, 1.54) is 20.7 Å². The number of para-hydroxylation sites is 1. The van der Waals surface area contributed by atoms with Gasteiger partial charge in [0.2, 0.25) is 5.90 Å². The molecule has 6 heteroatoms. The number of aromatic nitrogens is 2. The highest BCUT2D eigenvalue weighted by atomic mass is 32.2. The molecule has 45 heavy (non-hydrogen) atoms. The number of ether oxygens (including phenoxy) is 2. The zero-order valence-corrected chi connectivity index (χ0v) is 27.2. The summed E-state index contributed by atoms with van der Waals surface area (Å²) in [5.41, 5.74) is 5.48. The molecule has 0 spiro atoms. The quantitative estimate of drug-likeness (QED) is 0.200. The Labute approximate surface area is 267 Å². The second kappa shape index (κ2) is 8.91. The van der Waals surface area contributed by atoms with Gasteiger partial charge < -0.3 is 9.47 Å². The van der Waals surface area contributed by atoms with Crippen LogP contribution in [0.3, 0.4) is 0 Å². The summed E-state index contributed by atoms with van der Waals surface area (Å²) in [5.74, 6) is 2.96. The lowest BCUT2D eigenvalue weighted by molar-refractivity contribution is -0.0378. The minimum Gasteiger partial charge on any atom is -0.468 e. The Balaban J connectivity index is 1.12. The third-order valence-corrected chi connectivity index (χ3v) is 12.3. The van der Waals surface area contributed by atoms with Crippen LogP contribution < -0.4 is 4.74 Å². The summed E-state index contributed by atoms with van der Waals surface area (Å²) in [6.45, 7) is 13.4.